The first-order chi connectivity index (χ1) is 5.85. The molecule has 0 fully saturated rings. The van der Waals surface area contributed by atoms with Gasteiger partial charge in [-0.05, 0) is 25.2 Å². The van der Waals surface area contributed by atoms with Gasteiger partial charge in [0.2, 0.25) is 0 Å². The Hall–Kier alpha value is -0.260. The topological polar surface area (TPSA) is 0 Å². The van der Waals surface area contributed by atoms with Gasteiger partial charge in [0.25, 0.3) is 0 Å². The standard InChI is InChI=1S/C12H24/c1-4-7-10-12(9-6-3)11-8-5-2/h7,10,12H,4-6,8-9,11H2,1-3H3/b10-7+. The minimum absolute atomic E-state index is 0.856. The van der Waals surface area contributed by atoms with Crippen LogP contribution in [-0.2, 0) is 0 Å². The Bertz CT molecular complexity index is 103. The van der Waals surface area contributed by atoms with E-state index in [1.807, 2.05) is 0 Å². The molecular weight excluding hydrogens is 144 g/mol. The van der Waals surface area contributed by atoms with Crippen LogP contribution in [0, 0.1) is 5.92 Å². The van der Waals surface area contributed by atoms with Crippen LogP contribution in [0.25, 0.3) is 0 Å². The van der Waals surface area contributed by atoms with Gasteiger partial charge in [0.05, 0.1) is 0 Å². The second kappa shape index (κ2) is 8.83. The molecule has 1 atom stereocenters. The maximum Gasteiger partial charge on any atom is -0.0234 e. The van der Waals surface area contributed by atoms with E-state index in [0.29, 0.717) is 0 Å². The molecular formula is C12H24. The highest BCUT2D eigenvalue weighted by molar-refractivity contribution is 4.87. The third-order valence-electron chi connectivity index (χ3n) is 2.23. The molecule has 0 amide bonds. The highest BCUT2D eigenvalue weighted by atomic mass is 14.1. The Morgan fingerprint density at radius 1 is 1.00 bits per heavy atom. The molecule has 0 aliphatic carbocycles. The maximum absolute atomic E-state index is 2.42. The first-order valence-electron chi connectivity index (χ1n) is 5.51. The molecule has 1 unspecified atom stereocenters. The van der Waals surface area contributed by atoms with Gasteiger partial charge >= 0.3 is 0 Å². The number of hydrogen-bond donors (Lipinski definition) is 0. The molecule has 0 radical (unpaired) electrons. The molecule has 0 heteroatoms. The zero-order valence-corrected chi connectivity index (χ0v) is 8.97. The molecule has 12 heavy (non-hydrogen) atoms. The Morgan fingerprint density at radius 3 is 2.25 bits per heavy atom. The van der Waals surface area contributed by atoms with E-state index in [2.05, 4.69) is 32.9 Å². The Kier molecular flexibility index (Phi) is 8.64. The fraction of sp³-hybridized carbons (Fsp3) is 0.833. The van der Waals surface area contributed by atoms with Gasteiger partial charge in [-0.3, -0.25) is 0 Å². The van der Waals surface area contributed by atoms with Crippen molar-refractivity contribution >= 4 is 0 Å². The van der Waals surface area contributed by atoms with Crippen molar-refractivity contribution in [2.45, 2.75) is 59.3 Å². The van der Waals surface area contributed by atoms with Crippen LogP contribution in [0.5, 0.6) is 0 Å². The van der Waals surface area contributed by atoms with Crippen LogP contribution in [0.3, 0.4) is 0 Å². The average Bonchev–Trinajstić information content (AvgIpc) is 2.10. The maximum atomic E-state index is 2.42. The summed E-state index contributed by atoms with van der Waals surface area (Å²) in [6.07, 6.45) is 12.7. The zero-order valence-electron chi connectivity index (χ0n) is 8.97. The van der Waals surface area contributed by atoms with Gasteiger partial charge < -0.3 is 0 Å². The van der Waals surface area contributed by atoms with E-state index in [4.69, 9.17) is 0 Å². The van der Waals surface area contributed by atoms with Gasteiger partial charge in [-0.25, -0.2) is 0 Å². The van der Waals surface area contributed by atoms with E-state index in [-0.39, 0.29) is 0 Å². The van der Waals surface area contributed by atoms with Crippen LogP contribution in [0.2, 0.25) is 0 Å². The predicted octanol–water partition coefficient (Wildman–Crippen LogP) is 4.56. The van der Waals surface area contributed by atoms with E-state index in [9.17, 15) is 0 Å². The monoisotopic (exact) mass is 168 g/mol. The van der Waals surface area contributed by atoms with Crippen molar-refractivity contribution in [2.24, 2.45) is 5.92 Å². The van der Waals surface area contributed by atoms with Crippen LogP contribution in [0.15, 0.2) is 12.2 Å². The molecule has 0 rings (SSSR count). The van der Waals surface area contributed by atoms with Gasteiger partial charge in [-0.1, -0.05) is 52.2 Å². The smallest absolute Gasteiger partial charge is 0.0234 e. The summed E-state index contributed by atoms with van der Waals surface area (Å²) in [5.74, 6) is 0.856. The summed E-state index contributed by atoms with van der Waals surface area (Å²) in [6, 6.07) is 0. The lowest BCUT2D eigenvalue weighted by Crippen LogP contribution is -1.95. The molecule has 0 heterocycles. The summed E-state index contributed by atoms with van der Waals surface area (Å²) in [7, 11) is 0. The second-order valence-electron chi connectivity index (χ2n) is 3.53. The van der Waals surface area contributed by atoms with Crippen molar-refractivity contribution in [3.05, 3.63) is 12.2 Å². The number of hydrogen-bond acceptors (Lipinski definition) is 0. The van der Waals surface area contributed by atoms with E-state index in [1.165, 1.54) is 38.5 Å². The van der Waals surface area contributed by atoms with Gasteiger partial charge in [0, 0.05) is 0 Å². The summed E-state index contributed by atoms with van der Waals surface area (Å²) in [4.78, 5) is 0. The fourth-order valence-electron chi connectivity index (χ4n) is 1.50. The highest BCUT2D eigenvalue weighted by Crippen LogP contribution is 2.16. The number of allylic oxidation sites excluding steroid dienone is 2. The molecule has 0 spiro atoms. The summed E-state index contributed by atoms with van der Waals surface area (Å²) < 4.78 is 0. The van der Waals surface area contributed by atoms with Crippen molar-refractivity contribution in [1.29, 1.82) is 0 Å². The molecule has 0 aromatic carbocycles. The van der Waals surface area contributed by atoms with E-state index in [1.54, 1.807) is 0 Å². The lowest BCUT2D eigenvalue weighted by molar-refractivity contribution is 0.511. The Balaban J connectivity index is 3.61. The first kappa shape index (κ1) is 11.7. The van der Waals surface area contributed by atoms with Crippen molar-refractivity contribution in [1.82, 2.24) is 0 Å². The van der Waals surface area contributed by atoms with Crippen LogP contribution in [0.4, 0.5) is 0 Å². The van der Waals surface area contributed by atoms with Gasteiger partial charge in [-0.15, -0.1) is 0 Å². The van der Waals surface area contributed by atoms with Crippen molar-refractivity contribution in [3.63, 3.8) is 0 Å². The zero-order chi connectivity index (χ0) is 9.23. The van der Waals surface area contributed by atoms with Gasteiger partial charge in [-0.2, -0.15) is 0 Å². The second-order valence-corrected chi connectivity index (χ2v) is 3.53. The molecule has 0 aliphatic heterocycles. The van der Waals surface area contributed by atoms with Crippen molar-refractivity contribution in [2.75, 3.05) is 0 Å². The molecule has 0 aromatic rings. The van der Waals surface area contributed by atoms with Crippen LogP contribution in [0.1, 0.15) is 59.3 Å². The van der Waals surface area contributed by atoms with E-state index >= 15 is 0 Å². The summed E-state index contributed by atoms with van der Waals surface area (Å²) in [5, 5.41) is 0. The molecule has 0 saturated carbocycles. The molecule has 0 bridgehead atoms. The molecule has 0 N–H and O–H groups in total. The van der Waals surface area contributed by atoms with Gasteiger partial charge in [0.15, 0.2) is 0 Å². The lowest BCUT2D eigenvalue weighted by Gasteiger charge is -2.09. The SMILES string of the molecule is CC/C=C/C(CCC)CCCC. The third-order valence-corrected chi connectivity index (χ3v) is 2.23. The first-order valence-corrected chi connectivity index (χ1v) is 5.51. The molecule has 0 aromatic heterocycles. The minimum atomic E-state index is 0.856. The normalized spacial score (nSPS) is 13.9. The van der Waals surface area contributed by atoms with E-state index < -0.39 is 0 Å². The van der Waals surface area contributed by atoms with Crippen molar-refractivity contribution in [3.8, 4) is 0 Å². The molecule has 0 nitrogen and oxygen atoms in total. The van der Waals surface area contributed by atoms with Crippen LogP contribution in [-0.4, -0.2) is 0 Å². The van der Waals surface area contributed by atoms with Gasteiger partial charge in [0.1, 0.15) is 0 Å². The summed E-state index contributed by atoms with van der Waals surface area (Å²) in [5.41, 5.74) is 0. The molecule has 72 valence electrons. The Morgan fingerprint density at radius 2 is 1.75 bits per heavy atom. The quantitative estimate of drug-likeness (QED) is 0.489. The Labute approximate surface area is 78.1 Å². The number of rotatable bonds is 7. The minimum Gasteiger partial charge on any atom is -0.0885 e. The fourth-order valence-corrected chi connectivity index (χ4v) is 1.50. The largest absolute Gasteiger partial charge is 0.0885 e. The molecule has 0 aliphatic rings. The van der Waals surface area contributed by atoms with Crippen molar-refractivity contribution < 1.29 is 0 Å². The third kappa shape index (κ3) is 6.45. The summed E-state index contributed by atoms with van der Waals surface area (Å²) >= 11 is 0. The van der Waals surface area contributed by atoms with Crippen LogP contribution >= 0.6 is 0 Å². The summed E-state index contributed by atoms with van der Waals surface area (Å²) in [6.45, 7) is 6.75. The lowest BCUT2D eigenvalue weighted by atomic mass is 9.96. The average molecular weight is 168 g/mol. The molecule has 0 saturated heterocycles. The van der Waals surface area contributed by atoms with E-state index in [0.717, 1.165) is 5.92 Å². The number of unbranched alkanes of at least 4 members (excludes halogenated alkanes) is 1. The van der Waals surface area contributed by atoms with Crippen LogP contribution < -0.4 is 0 Å². The predicted molar refractivity (Wildman–Crippen MR) is 57.4 cm³/mol. The highest BCUT2D eigenvalue weighted by Gasteiger charge is 2.01.